The maximum atomic E-state index is 9.53. The highest BCUT2D eigenvalue weighted by Crippen LogP contribution is 2.56. The molecule has 2 atom stereocenters. The molecule has 2 aromatic heterocycles. The second kappa shape index (κ2) is 16.5. The number of hydrogen-bond donors (Lipinski definition) is 0. The summed E-state index contributed by atoms with van der Waals surface area (Å²) in [5.41, 5.74) is 0.130. The minimum absolute atomic E-state index is 0.214. The molecule has 14 rings (SSSR count). The van der Waals surface area contributed by atoms with Crippen LogP contribution in [0.2, 0.25) is 0 Å². The Balaban J connectivity index is 1.01. The lowest BCUT2D eigenvalue weighted by molar-refractivity contribution is 0.754. The Morgan fingerprint density at radius 1 is 0.250 bits per heavy atom. The van der Waals surface area contributed by atoms with E-state index in [-0.39, 0.29) is 22.8 Å². The summed E-state index contributed by atoms with van der Waals surface area (Å²) in [6.45, 7) is 0. The molecule has 318 valence electrons. The summed E-state index contributed by atoms with van der Waals surface area (Å²) >= 11 is 0. The number of rotatable bonds is 8. The maximum absolute atomic E-state index is 9.53. The van der Waals surface area contributed by atoms with E-state index in [1.54, 1.807) is 36.4 Å². The SMILES string of the molecule is [2H]c1c([2H])c([2H])c(-c2nc(-c3ccc4c(c3)C3c5ccccc5C4c4cc(-c5nc(-c6c([2H])c([2H])c([2H])c([2H])c6[2H])nc(-c6c([2H])c([2H])c([2H])c(-c7c([2H])c([2H])c([2H])c([2H])c7[2H])c6[2H])n5)ccc43)nc(-c3c([2H])c([2H])c([2H])c(-c4c([2H])c([2H])c([2H])c([2H])c4[2H])c3[2H])n2)c([2H])c1[2H]. The summed E-state index contributed by atoms with van der Waals surface area (Å²) in [5.74, 6) is -3.99. The van der Waals surface area contributed by atoms with Crippen LogP contribution in [0.25, 0.3) is 90.6 Å². The smallest absolute Gasteiger partial charge is 0.164 e. The largest absolute Gasteiger partial charge is 0.208 e. The molecule has 2 unspecified atom stereocenters. The Labute approximate surface area is 433 Å². The molecule has 6 heteroatoms. The minimum Gasteiger partial charge on any atom is -0.208 e. The van der Waals surface area contributed by atoms with Crippen LogP contribution in [0.4, 0.5) is 0 Å². The average molecular weight is 897 g/mol. The standard InChI is InChI=1S/C62H40N6/c1-5-17-39(18-6-1)43-25-15-27-45(35-43)59-63-57(41-21-9-3-10-22-41)65-61(67-59)47-31-33-51-53(37-47)55-49-29-13-14-30-50(49)56(51)54-38-48(32-34-52(54)55)62-66-58(42-23-11-4-12-24-42)64-60(68-62)46-28-16-26-44(36-46)40-19-7-2-8-20-40/h1-38,55-56H/i1D,2D,3D,4D,5D,6D,7D,8D,9D,10D,11D,12D,15D,16D,17D,18D,19D,20D,21D,22D,23D,24D,25D,26D,27D,28D,35D,36D. The Morgan fingerprint density at radius 3 is 0.926 bits per heavy atom. The highest BCUT2D eigenvalue weighted by Gasteiger charge is 2.41. The highest BCUT2D eigenvalue weighted by atomic mass is 15.0. The molecule has 0 saturated heterocycles. The summed E-state index contributed by atoms with van der Waals surface area (Å²) in [6, 6.07) is -4.46. The summed E-state index contributed by atoms with van der Waals surface area (Å²) in [5, 5.41) is 0. The Morgan fingerprint density at radius 2 is 0.544 bits per heavy atom. The summed E-state index contributed by atoms with van der Waals surface area (Å²) in [7, 11) is 0. The van der Waals surface area contributed by atoms with E-state index in [2.05, 4.69) is 19.9 Å². The zero-order valence-electron chi connectivity index (χ0n) is 62.6. The van der Waals surface area contributed by atoms with E-state index in [1.165, 1.54) is 0 Å². The molecule has 68 heavy (non-hydrogen) atoms. The maximum Gasteiger partial charge on any atom is 0.164 e. The topological polar surface area (TPSA) is 77.3 Å². The van der Waals surface area contributed by atoms with Crippen LogP contribution < -0.4 is 0 Å². The predicted molar refractivity (Wildman–Crippen MR) is 271 cm³/mol. The van der Waals surface area contributed by atoms with Crippen molar-refractivity contribution < 1.29 is 38.4 Å². The molecule has 0 N–H and O–H groups in total. The average Bonchev–Trinajstić information content (AvgIpc) is 0.703. The van der Waals surface area contributed by atoms with Gasteiger partial charge < -0.3 is 0 Å². The molecule has 0 saturated carbocycles. The molecule has 3 aliphatic rings. The van der Waals surface area contributed by atoms with Gasteiger partial charge in [0.05, 0.1) is 38.4 Å². The van der Waals surface area contributed by atoms with Gasteiger partial charge in [0, 0.05) is 45.2 Å². The Bertz CT molecular complexity index is 4950. The fourth-order valence-electron chi connectivity index (χ4n) is 8.59. The normalized spacial score (nSPS) is 19.9. The molecule has 6 nitrogen and oxygen atoms in total. The molecule has 0 radical (unpaired) electrons. The number of hydrogen-bond acceptors (Lipinski definition) is 6. The molecule has 0 aliphatic heterocycles. The molecule has 0 spiro atoms. The molecular formula is C62H40N6. The third-order valence-electron chi connectivity index (χ3n) is 11.5. The van der Waals surface area contributed by atoms with Crippen molar-refractivity contribution in [3.05, 3.63) is 263 Å². The zero-order valence-corrected chi connectivity index (χ0v) is 34.6. The van der Waals surface area contributed by atoms with E-state index < -0.39 is 249 Å². The first kappa shape index (κ1) is 20.3. The quantitative estimate of drug-likeness (QED) is 0.151. The molecule has 3 aliphatic carbocycles. The van der Waals surface area contributed by atoms with E-state index >= 15 is 0 Å². The van der Waals surface area contributed by atoms with Crippen LogP contribution in [0.5, 0.6) is 0 Å². The van der Waals surface area contributed by atoms with E-state index in [9.17, 15) is 5.48 Å². The van der Waals surface area contributed by atoms with Gasteiger partial charge in [-0.15, -0.1) is 0 Å². The lowest BCUT2D eigenvalue weighted by atomic mass is 9.61. The van der Waals surface area contributed by atoms with Gasteiger partial charge in [-0.05, 0) is 79.9 Å². The zero-order chi connectivity index (χ0) is 69.3. The van der Waals surface area contributed by atoms with Gasteiger partial charge in [-0.3, -0.25) is 0 Å². The van der Waals surface area contributed by atoms with E-state index in [4.69, 9.17) is 42.9 Å². The van der Waals surface area contributed by atoms with Gasteiger partial charge in [0.1, 0.15) is 0 Å². The minimum atomic E-state index is -0.861. The van der Waals surface area contributed by atoms with Crippen molar-refractivity contribution in [2.75, 3.05) is 0 Å². The second-order valence-corrected chi connectivity index (χ2v) is 15.3. The molecule has 2 heterocycles. The van der Waals surface area contributed by atoms with Crippen molar-refractivity contribution in [2.45, 2.75) is 11.8 Å². The van der Waals surface area contributed by atoms with Crippen LogP contribution in [0.15, 0.2) is 230 Å². The molecule has 9 aromatic carbocycles. The third kappa shape index (κ3) is 6.98. The predicted octanol–water partition coefficient (Wildman–Crippen LogP) is 14.4. The first-order valence-electron chi connectivity index (χ1n) is 34.7. The van der Waals surface area contributed by atoms with Crippen molar-refractivity contribution in [1.29, 1.82) is 0 Å². The van der Waals surface area contributed by atoms with Gasteiger partial charge in [0.2, 0.25) is 0 Å². The van der Waals surface area contributed by atoms with Crippen molar-refractivity contribution in [3.8, 4) is 90.6 Å². The first-order chi connectivity index (χ1) is 45.3. The Kier molecular flexibility index (Phi) is 4.90. The monoisotopic (exact) mass is 897 g/mol. The molecule has 0 fully saturated rings. The summed E-state index contributed by atoms with van der Waals surface area (Å²) < 4.78 is 245. The number of benzene rings is 9. The van der Waals surface area contributed by atoms with E-state index in [0.717, 1.165) is 22.3 Å². The van der Waals surface area contributed by atoms with Gasteiger partial charge in [0.25, 0.3) is 0 Å². The Hall–Kier alpha value is -9.00. The van der Waals surface area contributed by atoms with Crippen LogP contribution >= 0.6 is 0 Å². The van der Waals surface area contributed by atoms with Crippen LogP contribution in [0.1, 0.15) is 83.6 Å². The third-order valence-corrected chi connectivity index (χ3v) is 11.5. The van der Waals surface area contributed by atoms with Crippen LogP contribution in [0.3, 0.4) is 0 Å². The van der Waals surface area contributed by atoms with E-state index in [1.807, 2.05) is 24.3 Å². The number of nitrogens with zero attached hydrogens (tertiary/aromatic N) is 6. The van der Waals surface area contributed by atoms with Crippen LogP contribution in [-0.4, -0.2) is 29.9 Å². The van der Waals surface area contributed by atoms with E-state index in [0.29, 0.717) is 11.1 Å². The lowest BCUT2D eigenvalue weighted by Crippen LogP contribution is -2.27. The van der Waals surface area contributed by atoms with Crippen LogP contribution in [0, 0.1) is 0 Å². The highest BCUT2D eigenvalue weighted by molar-refractivity contribution is 5.78. The van der Waals surface area contributed by atoms with Crippen LogP contribution in [-0.2, 0) is 0 Å². The first-order valence-corrected chi connectivity index (χ1v) is 20.7. The summed E-state index contributed by atoms with van der Waals surface area (Å²) in [6.07, 6.45) is 0. The summed E-state index contributed by atoms with van der Waals surface area (Å²) in [4.78, 5) is 27.8. The van der Waals surface area contributed by atoms with Crippen molar-refractivity contribution in [1.82, 2.24) is 29.9 Å². The van der Waals surface area contributed by atoms with Gasteiger partial charge in [-0.1, -0.05) is 206 Å². The van der Waals surface area contributed by atoms with Gasteiger partial charge >= 0.3 is 0 Å². The fraction of sp³-hybridized carbons (Fsp3) is 0.0323. The van der Waals surface area contributed by atoms with Gasteiger partial charge in [-0.2, -0.15) is 0 Å². The van der Waals surface area contributed by atoms with Gasteiger partial charge in [-0.25, -0.2) is 29.9 Å². The second-order valence-electron chi connectivity index (χ2n) is 15.3. The molecule has 2 bridgehead atoms. The molecular weight excluding hydrogens is 829 g/mol. The van der Waals surface area contributed by atoms with Crippen molar-refractivity contribution in [2.24, 2.45) is 0 Å². The lowest BCUT2D eigenvalue weighted by Gasteiger charge is -2.42. The molecule has 0 amide bonds. The number of aromatic nitrogens is 6. The van der Waals surface area contributed by atoms with Gasteiger partial charge in [0.15, 0.2) is 34.9 Å². The molecule has 11 aromatic rings. The fourth-order valence-corrected chi connectivity index (χ4v) is 8.59. The van der Waals surface area contributed by atoms with Crippen molar-refractivity contribution in [3.63, 3.8) is 0 Å². The van der Waals surface area contributed by atoms with Crippen molar-refractivity contribution >= 4 is 0 Å².